The maximum absolute atomic E-state index is 12.9. The predicted molar refractivity (Wildman–Crippen MR) is 114 cm³/mol. The number of hydrogen-bond donors (Lipinski definition) is 2. The average molecular weight is 413 g/mol. The summed E-state index contributed by atoms with van der Waals surface area (Å²) in [6.45, 7) is 9.54. The molecular weight excluding hydrogens is 380 g/mol. The van der Waals surface area contributed by atoms with Crippen molar-refractivity contribution in [2.75, 3.05) is 26.2 Å². The summed E-state index contributed by atoms with van der Waals surface area (Å²) in [5.41, 5.74) is 7.43. The van der Waals surface area contributed by atoms with Gasteiger partial charge in [0.2, 0.25) is 17.6 Å². The fourth-order valence-electron chi connectivity index (χ4n) is 4.32. The lowest BCUT2D eigenvalue weighted by molar-refractivity contribution is -0.135. The molecule has 3 atom stereocenters. The number of aromatic nitrogens is 2. The van der Waals surface area contributed by atoms with Gasteiger partial charge in [-0.05, 0) is 25.7 Å². The molecule has 30 heavy (non-hydrogen) atoms. The van der Waals surface area contributed by atoms with Crippen LogP contribution in [0.2, 0.25) is 0 Å². The maximum atomic E-state index is 12.9. The van der Waals surface area contributed by atoms with E-state index in [0.29, 0.717) is 23.7 Å². The summed E-state index contributed by atoms with van der Waals surface area (Å²) in [4.78, 5) is 21.8. The summed E-state index contributed by atoms with van der Waals surface area (Å²) in [6.07, 6.45) is 1.94. The lowest BCUT2D eigenvalue weighted by atomic mass is 9.99. The van der Waals surface area contributed by atoms with Crippen LogP contribution in [-0.2, 0) is 4.79 Å². The second-order valence-corrected chi connectivity index (χ2v) is 8.76. The van der Waals surface area contributed by atoms with Crippen molar-refractivity contribution in [3.8, 4) is 11.4 Å². The van der Waals surface area contributed by atoms with E-state index in [9.17, 15) is 4.79 Å². The van der Waals surface area contributed by atoms with E-state index in [1.807, 2.05) is 35.2 Å². The van der Waals surface area contributed by atoms with Crippen LogP contribution in [0.1, 0.15) is 45.5 Å². The van der Waals surface area contributed by atoms with Crippen molar-refractivity contribution in [3.63, 3.8) is 0 Å². The smallest absolute Gasteiger partial charge is 0.244 e. The Balaban J connectivity index is 1.29. The minimum Gasteiger partial charge on any atom is -0.339 e. The summed E-state index contributed by atoms with van der Waals surface area (Å²) in [7, 11) is 0. The van der Waals surface area contributed by atoms with Gasteiger partial charge in [-0.1, -0.05) is 49.3 Å². The first-order valence-corrected chi connectivity index (χ1v) is 10.9. The van der Waals surface area contributed by atoms with E-state index in [1.165, 1.54) is 0 Å². The van der Waals surface area contributed by atoms with Crippen LogP contribution in [0, 0.1) is 5.92 Å². The van der Waals surface area contributed by atoms with E-state index in [2.05, 4.69) is 46.7 Å². The standard InChI is InChI=1S/C22H32N6O2/c1-15(2)13-18-14-19(25-24-18)22(29)28-11-9-27(10-12-28)16(3)21-23-20(26-30-21)17-7-5-4-6-8-17/h4-8,15-16,18-19,24-25H,9-14H2,1-3H3. The zero-order chi connectivity index (χ0) is 21.1. The van der Waals surface area contributed by atoms with Gasteiger partial charge in [0.05, 0.1) is 6.04 Å². The van der Waals surface area contributed by atoms with Gasteiger partial charge in [0, 0.05) is 37.8 Å². The van der Waals surface area contributed by atoms with Gasteiger partial charge in [-0.2, -0.15) is 4.98 Å². The summed E-state index contributed by atoms with van der Waals surface area (Å²) in [6, 6.07) is 10.1. The first kappa shape index (κ1) is 21.0. The third-order valence-electron chi connectivity index (χ3n) is 6.04. The molecule has 1 aromatic carbocycles. The molecule has 0 bridgehead atoms. The molecule has 162 valence electrons. The van der Waals surface area contributed by atoms with Crippen molar-refractivity contribution < 1.29 is 9.32 Å². The molecule has 8 nitrogen and oxygen atoms in total. The molecule has 1 aromatic heterocycles. The Morgan fingerprint density at radius 2 is 1.87 bits per heavy atom. The molecule has 3 unspecified atom stereocenters. The van der Waals surface area contributed by atoms with Crippen LogP contribution >= 0.6 is 0 Å². The Morgan fingerprint density at radius 3 is 2.57 bits per heavy atom. The normalized spacial score (nSPS) is 23.8. The van der Waals surface area contributed by atoms with Crippen molar-refractivity contribution in [2.45, 2.75) is 51.7 Å². The zero-order valence-electron chi connectivity index (χ0n) is 18.0. The number of carbonyl (C=O) groups is 1. The number of amides is 1. The Kier molecular flexibility index (Phi) is 6.46. The number of carbonyl (C=O) groups excluding carboxylic acids is 1. The van der Waals surface area contributed by atoms with Gasteiger partial charge in [0.15, 0.2) is 0 Å². The zero-order valence-corrected chi connectivity index (χ0v) is 18.0. The number of piperazine rings is 1. The maximum Gasteiger partial charge on any atom is 0.244 e. The lowest BCUT2D eigenvalue weighted by Crippen LogP contribution is -2.54. The number of rotatable bonds is 6. The second kappa shape index (κ2) is 9.24. The van der Waals surface area contributed by atoms with Crippen LogP contribution in [-0.4, -0.2) is 64.1 Å². The molecule has 2 saturated heterocycles. The Labute approximate surface area is 178 Å². The first-order valence-electron chi connectivity index (χ1n) is 10.9. The minimum atomic E-state index is -0.123. The van der Waals surface area contributed by atoms with Crippen molar-refractivity contribution in [1.29, 1.82) is 0 Å². The largest absolute Gasteiger partial charge is 0.339 e. The third-order valence-corrected chi connectivity index (χ3v) is 6.04. The number of hydrazine groups is 1. The van der Waals surface area contributed by atoms with Crippen LogP contribution in [0.25, 0.3) is 11.4 Å². The minimum absolute atomic E-state index is 0.0221. The van der Waals surface area contributed by atoms with Gasteiger partial charge in [-0.15, -0.1) is 0 Å². The fraction of sp³-hybridized carbons (Fsp3) is 0.591. The van der Waals surface area contributed by atoms with Crippen molar-refractivity contribution in [1.82, 2.24) is 30.8 Å². The number of benzene rings is 1. The summed E-state index contributed by atoms with van der Waals surface area (Å²) >= 11 is 0. The number of hydrogen-bond acceptors (Lipinski definition) is 7. The molecule has 4 rings (SSSR count). The molecule has 0 spiro atoms. The summed E-state index contributed by atoms with van der Waals surface area (Å²) in [5.74, 6) is 2.05. The lowest BCUT2D eigenvalue weighted by Gasteiger charge is -2.37. The Hall–Kier alpha value is -2.29. The van der Waals surface area contributed by atoms with E-state index in [4.69, 9.17) is 4.52 Å². The summed E-state index contributed by atoms with van der Waals surface area (Å²) < 4.78 is 5.53. The van der Waals surface area contributed by atoms with Gasteiger partial charge in [-0.25, -0.2) is 5.43 Å². The highest BCUT2D eigenvalue weighted by Crippen LogP contribution is 2.24. The molecular formula is C22H32N6O2. The number of nitrogens with one attached hydrogen (secondary N) is 2. The summed E-state index contributed by atoms with van der Waals surface area (Å²) in [5, 5.41) is 4.13. The van der Waals surface area contributed by atoms with Crippen LogP contribution in [0.15, 0.2) is 34.9 Å². The molecule has 2 fully saturated rings. The van der Waals surface area contributed by atoms with E-state index in [-0.39, 0.29) is 18.0 Å². The van der Waals surface area contributed by atoms with Crippen molar-refractivity contribution >= 4 is 5.91 Å². The molecule has 2 N–H and O–H groups in total. The number of nitrogens with zero attached hydrogens (tertiary/aromatic N) is 4. The molecule has 3 heterocycles. The van der Waals surface area contributed by atoms with Crippen LogP contribution < -0.4 is 10.9 Å². The van der Waals surface area contributed by atoms with Gasteiger partial charge in [0.1, 0.15) is 6.04 Å². The van der Waals surface area contributed by atoms with Crippen LogP contribution in [0.4, 0.5) is 0 Å². The predicted octanol–water partition coefficient (Wildman–Crippen LogP) is 2.22. The SMILES string of the molecule is CC(C)CC1CC(C(=O)N2CCN(C(C)c3nc(-c4ccccc4)no3)CC2)NN1. The molecule has 2 aliphatic heterocycles. The molecule has 1 amide bonds. The molecule has 0 saturated carbocycles. The highest BCUT2D eigenvalue weighted by molar-refractivity contribution is 5.82. The second-order valence-electron chi connectivity index (χ2n) is 8.76. The monoisotopic (exact) mass is 412 g/mol. The first-order chi connectivity index (χ1) is 14.5. The van der Waals surface area contributed by atoms with Crippen molar-refractivity contribution in [3.05, 3.63) is 36.2 Å². The average Bonchev–Trinajstić information content (AvgIpc) is 3.43. The molecule has 2 aliphatic rings. The van der Waals surface area contributed by atoms with Crippen molar-refractivity contribution in [2.24, 2.45) is 5.92 Å². The van der Waals surface area contributed by atoms with E-state index >= 15 is 0 Å². The molecule has 0 aliphatic carbocycles. The van der Waals surface area contributed by atoms with Crippen LogP contribution in [0.3, 0.4) is 0 Å². The topological polar surface area (TPSA) is 86.5 Å². The van der Waals surface area contributed by atoms with Gasteiger partial charge >= 0.3 is 0 Å². The molecule has 8 heteroatoms. The highest BCUT2D eigenvalue weighted by Gasteiger charge is 2.34. The quantitative estimate of drug-likeness (QED) is 0.752. The van der Waals surface area contributed by atoms with Crippen LogP contribution in [0.5, 0.6) is 0 Å². The van der Waals surface area contributed by atoms with E-state index in [0.717, 1.165) is 44.6 Å². The molecule has 2 aromatic rings. The van der Waals surface area contributed by atoms with Gasteiger partial charge in [0.25, 0.3) is 0 Å². The van der Waals surface area contributed by atoms with E-state index in [1.54, 1.807) is 0 Å². The van der Waals surface area contributed by atoms with Gasteiger partial charge in [-0.3, -0.25) is 15.1 Å². The van der Waals surface area contributed by atoms with E-state index < -0.39 is 0 Å². The Bertz CT molecular complexity index is 831. The van der Waals surface area contributed by atoms with Gasteiger partial charge < -0.3 is 9.42 Å². The fourth-order valence-corrected chi connectivity index (χ4v) is 4.32. The molecule has 0 radical (unpaired) electrons. The third kappa shape index (κ3) is 4.71. The highest BCUT2D eigenvalue weighted by atomic mass is 16.5. The Morgan fingerprint density at radius 1 is 1.13 bits per heavy atom.